The van der Waals surface area contributed by atoms with Gasteiger partial charge in [0, 0.05) is 37.6 Å². The van der Waals surface area contributed by atoms with Crippen molar-refractivity contribution in [1.29, 1.82) is 0 Å². The van der Waals surface area contributed by atoms with Crippen molar-refractivity contribution in [3.8, 4) is 0 Å². The molecule has 9 heteroatoms. The van der Waals surface area contributed by atoms with Gasteiger partial charge in [-0.3, -0.25) is 19.5 Å². The second kappa shape index (κ2) is 9.67. The minimum Gasteiger partial charge on any atom is -0.321 e. The predicted molar refractivity (Wildman–Crippen MR) is 126 cm³/mol. The number of hydroxylamine groups is 1. The molecule has 3 aliphatic rings. The van der Waals surface area contributed by atoms with Gasteiger partial charge in [-0.05, 0) is 43.2 Å². The van der Waals surface area contributed by atoms with E-state index >= 15 is 0 Å². The number of anilines is 2. The Hall–Kier alpha value is -2.68. The molecular formula is C24H28ClN5O3. The minimum atomic E-state index is -0.330. The Bertz CT molecular complexity index is 1010. The van der Waals surface area contributed by atoms with Gasteiger partial charge in [-0.25, -0.2) is 4.79 Å². The number of carbonyl (C=O) groups excluding carboxylic acids is 2. The minimum absolute atomic E-state index is 0.0557. The second-order valence-corrected chi connectivity index (χ2v) is 9.25. The summed E-state index contributed by atoms with van der Waals surface area (Å²) in [5.74, 6) is -0.330. The molecule has 0 bridgehead atoms. The molecule has 3 fully saturated rings. The van der Waals surface area contributed by atoms with Gasteiger partial charge in [-0.2, -0.15) is 5.06 Å². The smallest absolute Gasteiger partial charge is 0.321 e. The first kappa shape index (κ1) is 22.1. The third-order valence-electron chi connectivity index (χ3n) is 6.74. The van der Waals surface area contributed by atoms with E-state index in [0.29, 0.717) is 41.3 Å². The zero-order chi connectivity index (χ0) is 22.8. The standard InChI is InChI=1S/C24H28ClN5O3/c25-20-14-17(27-23(31)21-8-4-5-11-26-21)9-10-22(20)30-24(32)29-13-12-28(15-19(29)16-33-30)18-6-2-1-3-7-18/h4-5,8-11,14,18-19H,1-3,6-7,12-13,15-16H2,(H,27,31). The fourth-order valence-corrected chi connectivity index (χ4v) is 5.26. The van der Waals surface area contributed by atoms with Crippen LogP contribution in [0.25, 0.3) is 0 Å². The van der Waals surface area contributed by atoms with Crippen LogP contribution in [-0.2, 0) is 4.84 Å². The number of hydrogen-bond acceptors (Lipinski definition) is 5. The normalized spacial score (nSPS) is 22.2. The fourth-order valence-electron chi connectivity index (χ4n) is 5.00. The van der Waals surface area contributed by atoms with Crippen LogP contribution in [0.15, 0.2) is 42.6 Å². The van der Waals surface area contributed by atoms with Gasteiger partial charge >= 0.3 is 6.03 Å². The van der Waals surface area contributed by atoms with E-state index in [1.54, 1.807) is 42.6 Å². The Labute approximate surface area is 198 Å². The number of hydrogen-bond donors (Lipinski definition) is 1. The highest BCUT2D eigenvalue weighted by Gasteiger charge is 2.40. The molecule has 2 saturated heterocycles. The van der Waals surface area contributed by atoms with Crippen LogP contribution in [0.1, 0.15) is 42.6 Å². The summed E-state index contributed by atoms with van der Waals surface area (Å²) < 4.78 is 0. The van der Waals surface area contributed by atoms with E-state index in [4.69, 9.17) is 16.4 Å². The number of aromatic nitrogens is 1. The third kappa shape index (κ3) is 4.69. The highest BCUT2D eigenvalue weighted by Crippen LogP contribution is 2.33. The van der Waals surface area contributed by atoms with E-state index in [-0.39, 0.29) is 18.0 Å². The first-order valence-corrected chi connectivity index (χ1v) is 12.0. The number of urea groups is 1. The number of nitrogens with zero attached hydrogens (tertiary/aromatic N) is 4. The topological polar surface area (TPSA) is 78.0 Å². The van der Waals surface area contributed by atoms with Crippen molar-refractivity contribution < 1.29 is 14.4 Å². The van der Waals surface area contributed by atoms with Gasteiger partial charge in [0.2, 0.25) is 0 Å². The van der Waals surface area contributed by atoms with Gasteiger partial charge in [0.25, 0.3) is 5.91 Å². The molecule has 2 aliphatic heterocycles. The number of pyridine rings is 1. The number of amides is 3. The number of halogens is 1. The van der Waals surface area contributed by atoms with Crippen LogP contribution in [0.5, 0.6) is 0 Å². The Morgan fingerprint density at radius 3 is 2.70 bits per heavy atom. The molecule has 33 heavy (non-hydrogen) atoms. The molecule has 8 nitrogen and oxygen atoms in total. The van der Waals surface area contributed by atoms with Crippen LogP contribution < -0.4 is 10.4 Å². The maximum Gasteiger partial charge on any atom is 0.349 e. The molecule has 2 aromatic rings. The fraction of sp³-hybridized carbons (Fsp3) is 0.458. The van der Waals surface area contributed by atoms with Crippen LogP contribution in [0.2, 0.25) is 5.02 Å². The summed E-state index contributed by atoms with van der Waals surface area (Å²) in [4.78, 5) is 39.9. The number of carbonyl (C=O) groups is 2. The Kier molecular flexibility index (Phi) is 6.48. The van der Waals surface area contributed by atoms with Crippen molar-refractivity contribution in [3.63, 3.8) is 0 Å². The summed E-state index contributed by atoms with van der Waals surface area (Å²) in [5.41, 5.74) is 1.29. The average molecular weight is 470 g/mol. The van der Waals surface area contributed by atoms with Gasteiger partial charge in [0.15, 0.2) is 0 Å². The lowest BCUT2D eigenvalue weighted by molar-refractivity contribution is -0.0277. The highest BCUT2D eigenvalue weighted by molar-refractivity contribution is 6.34. The quantitative estimate of drug-likeness (QED) is 0.726. The lowest BCUT2D eigenvalue weighted by Gasteiger charge is -2.48. The summed E-state index contributed by atoms with van der Waals surface area (Å²) >= 11 is 6.49. The van der Waals surface area contributed by atoms with E-state index in [1.807, 2.05) is 4.90 Å². The molecule has 1 atom stereocenters. The van der Waals surface area contributed by atoms with Crippen molar-refractivity contribution in [1.82, 2.24) is 14.8 Å². The maximum absolute atomic E-state index is 13.2. The van der Waals surface area contributed by atoms with Crippen LogP contribution in [0, 0.1) is 0 Å². The molecule has 0 spiro atoms. The number of piperazine rings is 1. The van der Waals surface area contributed by atoms with E-state index in [0.717, 1.165) is 13.1 Å². The van der Waals surface area contributed by atoms with Crippen molar-refractivity contribution in [3.05, 3.63) is 53.3 Å². The molecule has 1 aromatic carbocycles. The lowest BCUT2D eigenvalue weighted by Crippen LogP contribution is -2.65. The van der Waals surface area contributed by atoms with Crippen LogP contribution in [-0.4, -0.2) is 65.0 Å². The monoisotopic (exact) mass is 469 g/mol. The maximum atomic E-state index is 13.2. The zero-order valence-electron chi connectivity index (χ0n) is 18.5. The first-order valence-electron chi connectivity index (χ1n) is 11.6. The molecule has 3 amide bonds. The van der Waals surface area contributed by atoms with E-state index < -0.39 is 0 Å². The molecule has 5 rings (SSSR count). The van der Waals surface area contributed by atoms with Crippen LogP contribution >= 0.6 is 11.6 Å². The van der Waals surface area contributed by atoms with Gasteiger partial charge in [-0.1, -0.05) is 36.9 Å². The molecule has 174 valence electrons. The van der Waals surface area contributed by atoms with Crippen molar-refractivity contribution in [2.75, 3.05) is 36.6 Å². The van der Waals surface area contributed by atoms with Gasteiger partial charge in [0.1, 0.15) is 5.69 Å². The number of rotatable bonds is 4. The van der Waals surface area contributed by atoms with Crippen molar-refractivity contribution in [2.45, 2.75) is 44.2 Å². The summed E-state index contributed by atoms with van der Waals surface area (Å²) in [6, 6.07) is 10.6. The SMILES string of the molecule is O=C(Nc1ccc(N2OCC3CN(C4CCCCC4)CCN3C2=O)c(Cl)c1)c1ccccn1. The molecule has 1 aromatic heterocycles. The van der Waals surface area contributed by atoms with Gasteiger partial charge in [-0.15, -0.1) is 0 Å². The summed E-state index contributed by atoms with van der Waals surface area (Å²) in [6.45, 7) is 2.88. The van der Waals surface area contributed by atoms with Crippen LogP contribution in [0.3, 0.4) is 0 Å². The summed E-state index contributed by atoms with van der Waals surface area (Å²) in [5, 5.41) is 4.37. The van der Waals surface area contributed by atoms with Crippen molar-refractivity contribution in [2.24, 2.45) is 0 Å². The summed E-state index contributed by atoms with van der Waals surface area (Å²) in [7, 11) is 0. The molecule has 3 heterocycles. The lowest BCUT2D eigenvalue weighted by atomic mass is 9.93. The second-order valence-electron chi connectivity index (χ2n) is 8.84. The molecule has 1 N–H and O–H groups in total. The molecule has 0 radical (unpaired) electrons. The van der Waals surface area contributed by atoms with E-state index in [2.05, 4.69) is 15.2 Å². The zero-order valence-corrected chi connectivity index (χ0v) is 19.2. The first-order chi connectivity index (χ1) is 16.1. The molecule has 1 saturated carbocycles. The van der Waals surface area contributed by atoms with Crippen LogP contribution in [0.4, 0.5) is 16.2 Å². The Morgan fingerprint density at radius 2 is 1.94 bits per heavy atom. The van der Waals surface area contributed by atoms with E-state index in [1.165, 1.54) is 37.2 Å². The Balaban J connectivity index is 1.24. The van der Waals surface area contributed by atoms with E-state index in [9.17, 15) is 9.59 Å². The molecule has 1 unspecified atom stereocenters. The average Bonchev–Trinajstić information content (AvgIpc) is 2.86. The highest BCUT2D eigenvalue weighted by atomic mass is 35.5. The number of nitrogens with one attached hydrogen (secondary N) is 1. The number of benzene rings is 1. The molecule has 1 aliphatic carbocycles. The van der Waals surface area contributed by atoms with Gasteiger partial charge < -0.3 is 10.2 Å². The largest absolute Gasteiger partial charge is 0.349 e. The third-order valence-corrected chi connectivity index (χ3v) is 7.05. The van der Waals surface area contributed by atoms with Gasteiger partial charge in [0.05, 0.1) is 23.4 Å². The summed E-state index contributed by atoms with van der Waals surface area (Å²) in [6.07, 6.45) is 8.01. The van der Waals surface area contributed by atoms with Crippen molar-refractivity contribution >= 4 is 34.9 Å². The number of fused-ring (bicyclic) bond motifs is 1. The Morgan fingerprint density at radius 1 is 1.09 bits per heavy atom. The predicted octanol–water partition coefficient (Wildman–Crippen LogP) is 4.18. The molecular weight excluding hydrogens is 442 g/mol.